The number of allylic oxidation sites excluding steroid dienone is 1. The summed E-state index contributed by atoms with van der Waals surface area (Å²) in [6.07, 6.45) is 2.64. The van der Waals surface area contributed by atoms with Crippen molar-refractivity contribution in [3.8, 4) is 0 Å². The number of hydrogen-bond donors (Lipinski definition) is 4. The summed E-state index contributed by atoms with van der Waals surface area (Å²) in [5.74, 6) is -3.22. The quantitative estimate of drug-likeness (QED) is 0.262. The molecule has 0 bridgehead atoms. The van der Waals surface area contributed by atoms with Crippen molar-refractivity contribution in [2.24, 2.45) is 0 Å². The van der Waals surface area contributed by atoms with Gasteiger partial charge in [-0.3, -0.25) is 4.79 Å². The van der Waals surface area contributed by atoms with Crippen molar-refractivity contribution in [3.05, 3.63) is 75.4 Å². The van der Waals surface area contributed by atoms with Crippen LogP contribution in [0.25, 0.3) is 0 Å². The zero-order valence-corrected chi connectivity index (χ0v) is 22.5. The highest BCUT2D eigenvalue weighted by Gasteiger charge is 2.22. The second-order valence-electron chi connectivity index (χ2n) is 8.34. The van der Waals surface area contributed by atoms with E-state index in [4.69, 9.17) is 0 Å². The summed E-state index contributed by atoms with van der Waals surface area (Å²) in [7, 11) is 0. The van der Waals surface area contributed by atoms with Crippen LogP contribution in [0.1, 0.15) is 53.0 Å². The number of nitrogens with one attached hydrogen (secondary N) is 3. The molecule has 2 aromatic rings. The maximum Gasteiger partial charge on any atom is 0.221 e. The van der Waals surface area contributed by atoms with Gasteiger partial charge in [-0.1, -0.05) is 56.7 Å². The maximum atomic E-state index is 14.7. The van der Waals surface area contributed by atoms with Crippen molar-refractivity contribution in [1.82, 2.24) is 5.32 Å². The smallest absolute Gasteiger partial charge is 0.221 e. The van der Waals surface area contributed by atoms with E-state index in [0.717, 1.165) is 23.4 Å². The van der Waals surface area contributed by atoms with E-state index in [0.29, 0.717) is 15.5 Å². The van der Waals surface area contributed by atoms with Gasteiger partial charge in [-0.05, 0) is 50.6 Å². The Labute approximate surface area is 216 Å². The number of carbonyl (C=O) groups excluding carboxylic acids is 1. The van der Waals surface area contributed by atoms with Gasteiger partial charge in [0.1, 0.15) is 11.5 Å². The van der Waals surface area contributed by atoms with Gasteiger partial charge in [0.05, 0.1) is 29.1 Å². The molecule has 0 saturated heterocycles. The molecule has 0 radical (unpaired) electrons. The van der Waals surface area contributed by atoms with Gasteiger partial charge >= 0.3 is 0 Å². The first-order valence-corrected chi connectivity index (χ1v) is 12.5. The molecule has 9 heteroatoms. The maximum absolute atomic E-state index is 14.7. The number of amides is 1. The number of aryl methyl sites for hydroxylation is 1. The SMILES string of the molecule is C=C(NC(C)=O)SC(=C(C)C)C(CO)Nc1ccc(F)c(F)c1Nc1ccc(C)cc1F.CCCC. The average molecular weight is 524 g/mol. The van der Waals surface area contributed by atoms with Crippen LogP contribution in [0, 0.1) is 24.4 Å². The molecule has 2 rings (SSSR count). The molecule has 0 spiro atoms. The van der Waals surface area contributed by atoms with Crippen LogP contribution in [0.2, 0.25) is 0 Å². The molecule has 0 aliphatic heterocycles. The molecule has 2 aromatic carbocycles. The summed E-state index contributed by atoms with van der Waals surface area (Å²) in [5, 5.41) is 18.5. The third-order valence-corrected chi connectivity index (χ3v) is 6.11. The summed E-state index contributed by atoms with van der Waals surface area (Å²) in [6, 6.07) is 5.84. The molecule has 0 saturated carbocycles. The molecule has 0 aliphatic carbocycles. The van der Waals surface area contributed by atoms with E-state index < -0.39 is 30.1 Å². The number of thioether (sulfide) groups is 1. The van der Waals surface area contributed by atoms with E-state index in [-0.39, 0.29) is 23.0 Å². The van der Waals surface area contributed by atoms with Crippen molar-refractivity contribution in [3.63, 3.8) is 0 Å². The van der Waals surface area contributed by atoms with Crippen molar-refractivity contribution in [2.45, 2.75) is 60.4 Å². The fourth-order valence-electron chi connectivity index (χ4n) is 2.91. The molecule has 198 valence electrons. The lowest BCUT2D eigenvalue weighted by atomic mass is 10.1. The Morgan fingerprint density at radius 1 is 1.03 bits per heavy atom. The third-order valence-electron chi connectivity index (χ3n) is 4.85. The molecular weight excluding hydrogens is 487 g/mol. The average Bonchev–Trinajstić information content (AvgIpc) is 2.81. The summed E-state index contributed by atoms with van der Waals surface area (Å²) >= 11 is 1.14. The van der Waals surface area contributed by atoms with Gasteiger partial charge in [0, 0.05) is 11.8 Å². The highest BCUT2D eigenvalue weighted by Crippen LogP contribution is 2.35. The molecule has 1 atom stereocenters. The zero-order valence-electron chi connectivity index (χ0n) is 21.7. The van der Waals surface area contributed by atoms with Crippen molar-refractivity contribution >= 4 is 34.7 Å². The fraction of sp³-hybridized carbons (Fsp3) is 0.370. The summed E-state index contributed by atoms with van der Waals surface area (Å²) < 4.78 is 43.0. The first-order valence-electron chi connectivity index (χ1n) is 11.6. The molecule has 36 heavy (non-hydrogen) atoms. The van der Waals surface area contributed by atoms with Gasteiger partial charge in [0.25, 0.3) is 0 Å². The minimum absolute atomic E-state index is 0.0282. The molecule has 0 aliphatic rings. The van der Waals surface area contributed by atoms with Gasteiger partial charge in [-0.15, -0.1) is 0 Å². The van der Waals surface area contributed by atoms with Gasteiger partial charge in [0.15, 0.2) is 11.6 Å². The Morgan fingerprint density at radius 3 is 2.14 bits per heavy atom. The number of rotatable bonds is 10. The topological polar surface area (TPSA) is 73.4 Å². The van der Waals surface area contributed by atoms with Gasteiger partial charge in [0.2, 0.25) is 5.91 Å². The highest BCUT2D eigenvalue weighted by molar-refractivity contribution is 8.06. The van der Waals surface area contributed by atoms with E-state index >= 15 is 0 Å². The lowest BCUT2D eigenvalue weighted by molar-refractivity contribution is -0.118. The Morgan fingerprint density at radius 2 is 1.64 bits per heavy atom. The molecule has 1 unspecified atom stereocenters. The first-order chi connectivity index (χ1) is 16.9. The van der Waals surface area contributed by atoms with Crippen LogP contribution in [0.4, 0.5) is 30.2 Å². The van der Waals surface area contributed by atoms with Crippen LogP contribution >= 0.6 is 11.8 Å². The number of aliphatic hydroxyl groups is 1. The van der Waals surface area contributed by atoms with E-state index in [1.54, 1.807) is 26.8 Å². The monoisotopic (exact) mass is 523 g/mol. The number of unbranched alkanes of at least 4 members (excludes halogenated alkanes) is 1. The normalized spacial score (nSPS) is 11.1. The standard InChI is InChI=1S/C23H26F3N3O2S.C4H10/c1-12(2)23(32-15(5)27-14(4)31)20(11-30)28-19-9-7-16(24)21(26)22(19)29-18-8-6-13(3)10-17(18)25;1-3-4-2/h6-10,20,28-30H,5,11H2,1-4H3,(H,27,31);3-4H2,1-2H3. The summed E-state index contributed by atoms with van der Waals surface area (Å²) in [6.45, 7) is 14.4. The Hall–Kier alpha value is -2.91. The lowest BCUT2D eigenvalue weighted by Crippen LogP contribution is -2.27. The Kier molecular flexibility index (Phi) is 13.2. The zero-order chi connectivity index (χ0) is 27.4. The number of benzene rings is 2. The van der Waals surface area contributed by atoms with E-state index in [1.165, 1.54) is 38.0 Å². The Bertz CT molecular complexity index is 1080. The number of carbonyl (C=O) groups is 1. The molecule has 0 aromatic heterocycles. The van der Waals surface area contributed by atoms with E-state index in [1.807, 2.05) is 0 Å². The lowest BCUT2D eigenvalue weighted by Gasteiger charge is -2.25. The van der Waals surface area contributed by atoms with Crippen molar-refractivity contribution in [2.75, 3.05) is 17.2 Å². The Balaban J connectivity index is 0.00000150. The molecule has 4 N–H and O–H groups in total. The van der Waals surface area contributed by atoms with Crippen LogP contribution in [-0.4, -0.2) is 23.7 Å². The van der Waals surface area contributed by atoms with Crippen LogP contribution in [0.5, 0.6) is 0 Å². The fourth-order valence-corrected chi connectivity index (χ4v) is 3.85. The summed E-state index contributed by atoms with van der Waals surface area (Å²) in [5.41, 5.74) is 1.28. The van der Waals surface area contributed by atoms with Gasteiger partial charge in [-0.2, -0.15) is 0 Å². The molecule has 1 amide bonds. The minimum Gasteiger partial charge on any atom is -0.394 e. The van der Waals surface area contributed by atoms with Gasteiger partial charge in [-0.25, -0.2) is 13.2 Å². The van der Waals surface area contributed by atoms with Crippen molar-refractivity contribution in [1.29, 1.82) is 0 Å². The molecule has 0 heterocycles. The van der Waals surface area contributed by atoms with Crippen molar-refractivity contribution < 1.29 is 23.1 Å². The van der Waals surface area contributed by atoms with E-state index in [9.17, 15) is 23.1 Å². The van der Waals surface area contributed by atoms with Gasteiger partial charge < -0.3 is 21.1 Å². The van der Waals surface area contributed by atoms with Crippen LogP contribution in [-0.2, 0) is 4.79 Å². The minimum atomic E-state index is -1.19. The predicted molar refractivity (Wildman–Crippen MR) is 145 cm³/mol. The van der Waals surface area contributed by atoms with E-state index in [2.05, 4.69) is 36.4 Å². The number of anilines is 3. The van der Waals surface area contributed by atoms with Crippen LogP contribution in [0.3, 0.4) is 0 Å². The van der Waals surface area contributed by atoms with Crippen LogP contribution < -0.4 is 16.0 Å². The third kappa shape index (κ3) is 9.62. The number of aliphatic hydroxyl groups excluding tert-OH is 1. The second-order valence-corrected chi connectivity index (χ2v) is 9.48. The largest absolute Gasteiger partial charge is 0.394 e. The number of hydrogen-bond acceptors (Lipinski definition) is 5. The first kappa shape index (κ1) is 31.1. The highest BCUT2D eigenvalue weighted by atomic mass is 32.2. The number of halogens is 3. The molecular formula is C27H36F3N3O2S. The molecule has 5 nitrogen and oxygen atoms in total. The molecule has 0 fully saturated rings. The second kappa shape index (κ2) is 15.3. The summed E-state index contributed by atoms with van der Waals surface area (Å²) in [4.78, 5) is 11.9. The predicted octanol–water partition coefficient (Wildman–Crippen LogP) is 7.37. The van der Waals surface area contributed by atoms with Crippen LogP contribution in [0.15, 0.2) is 52.4 Å².